The van der Waals surface area contributed by atoms with E-state index >= 15 is 0 Å². The lowest BCUT2D eigenvalue weighted by atomic mass is 9.93. The average Bonchev–Trinajstić information content (AvgIpc) is 2.95. The van der Waals surface area contributed by atoms with E-state index in [2.05, 4.69) is 4.98 Å². The highest BCUT2D eigenvalue weighted by atomic mass is 32.2. The number of piperidine rings is 1. The van der Waals surface area contributed by atoms with Crippen LogP contribution in [0, 0.1) is 5.92 Å². The van der Waals surface area contributed by atoms with Crippen molar-refractivity contribution in [2.75, 3.05) is 18.8 Å². The lowest BCUT2D eigenvalue weighted by Crippen LogP contribution is -2.43. The van der Waals surface area contributed by atoms with Crippen LogP contribution in [0.25, 0.3) is 11.1 Å². The number of aromatic nitrogens is 1. The molecule has 0 saturated carbocycles. The number of fused-ring (bicyclic) bond motifs is 1. The lowest BCUT2D eigenvalue weighted by Gasteiger charge is -2.34. The van der Waals surface area contributed by atoms with Gasteiger partial charge in [-0.1, -0.05) is 23.9 Å². The van der Waals surface area contributed by atoms with Gasteiger partial charge in [0.2, 0.25) is 5.91 Å². The van der Waals surface area contributed by atoms with E-state index in [-0.39, 0.29) is 17.9 Å². The number of hydrogen-bond donors (Lipinski definition) is 1. The molecule has 118 valence electrons. The number of carbonyl (C=O) groups is 1. The zero-order valence-corrected chi connectivity index (χ0v) is 13.4. The van der Waals surface area contributed by atoms with Gasteiger partial charge in [0.15, 0.2) is 5.58 Å². The van der Waals surface area contributed by atoms with Gasteiger partial charge in [0.1, 0.15) is 5.52 Å². The van der Waals surface area contributed by atoms with E-state index in [1.165, 1.54) is 11.8 Å². The fourth-order valence-electron chi connectivity index (χ4n) is 2.76. The van der Waals surface area contributed by atoms with Gasteiger partial charge in [0.25, 0.3) is 5.22 Å². The van der Waals surface area contributed by atoms with E-state index in [4.69, 9.17) is 4.42 Å². The zero-order valence-electron chi connectivity index (χ0n) is 12.6. The van der Waals surface area contributed by atoms with Gasteiger partial charge in [-0.05, 0) is 31.9 Å². The molecule has 1 saturated heterocycles. The second-order valence-electron chi connectivity index (χ2n) is 5.72. The van der Waals surface area contributed by atoms with Crippen molar-refractivity contribution in [2.24, 2.45) is 5.92 Å². The molecule has 0 radical (unpaired) electrons. The van der Waals surface area contributed by atoms with Crippen LogP contribution in [0.2, 0.25) is 0 Å². The van der Waals surface area contributed by atoms with Crippen molar-refractivity contribution >= 4 is 28.8 Å². The van der Waals surface area contributed by atoms with Crippen molar-refractivity contribution in [3.8, 4) is 0 Å². The first-order chi connectivity index (χ1) is 10.6. The number of aliphatic hydroxyl groups is 1. The minimum atomic E-state index is -0.361. The number of amides is 1. The fourth-order valence-corrected chi connectivity index (χ4v) is 3.50. The molecule has 1 aromatic carbocycles. The van der Waals surface area contributed by atoms with Crippen LogP contribution in [0.3, 0.4) is 0 Å². The minimum absolute atomic E-state index is 0.0811. The molecule has 0 spiro atoms. The monoisotopic (exact) mass is 320 g/mol. The van der Waals surface area contributed by atoms with E-state index in [0.717, 1.165) is 30.5 Å². The van der Waals surface area contributed by atoms with Gasteiger partial charge in [-0.15, -0.1) is 0 Å². The molecule has 6 heteroatoms. The first-order valence-electron chi connectivity index (χ1n) is 7.57. The molecule has 1 N–H and O–H groups in total. The van der Waals surface area contributed by atoms with Crippen molar-refractivity contribution < 1.29 is 14.3 Å². The van der Waals surface area contributed by atoms with Gasteiger partial charge < -0.3 is 14.4 Å². The molecule has 2 aromatic rings. The summed E-state index contributed by atoms with van der Waals surface area (Å²) in [5, 5.41) is 10.2. The molecule has 1 amide bonds. The third-order valence-electron chi connectivity index (χ3n) is 4.09. The SMILES string of the molecule is CC(O)C1CCCN(C(=O)CSc2nc3ccccc3o2)C1. The first kappa shape index (κ1) is 15.4. The Morgan fingerprint density at radius 2 is 2.36 bits per heavy atom. The van der Waals surface area contributed by atoms with Gasteiger partial charge in [0, 0.05) is 19.0 Å². The van der Waals surface area contributed by atoms with Crippen LogP contribution >= 0.6 is 11.8 Å². The van der Waals surface area contributed by atoms with E-state index in [9.17, 15) is 9.90 Å². The van der Waals surface area contributed by atoms with Crippen molar-refractivity contribution in [1.82, 2.24) is 9.88 Å². The fraction of sp³-hybridized carbons (Fsp3) is 0.500. The maximum atomic E-state index is 12.3. The first-order valence-corrected chi connectivity index (χ1v) is 8.56. The zero-order chi connectivity index (χ0) is 15.5. The highest BCUT2D eigenvalue weighted by molar-refractivity contribution is 7.99. The number of carbonyl (C=O) groups excluding carboxylic acids is 1. The number of hydrogen-bond acceptors (Lipinski definition) is 5. The predicted octanol–water partition coefficient (Wildman–Crippen LogP) is 2.54. The number of likely N-dealkylation sites (tertiary alicyclic amines) is 1. The molecular formula is C16H20N2O3S. The summed E-state index contributed by atoms with van der Waals surface area (Å²) in [5.41, 5.74) is 1.55. The van der Waals surface area contributed by atoms with E-state index in [1.54, 1.807) is 6.92 Å². The largest absolute Gasteiger partial charge is 0.431 e. The van der Waals surface area contributed by atoms with E-state index in [0.29, 0.717) is 17.5 Å². The van der Waals surface area contributed by atoms with Crippen LogP contribution in [-0.4, -0.2) is 45.8 Å². The Labute approximate surface area is 133 Å². The van der Waals surface area contributed by atoms with Crippen molar-refractivity contribution in [3.05, 3.63) is 24.3 Å². The second-order valence-corrected chi connectivity index (χ2v) is 6.65. The maximum Gasteiger partial charge on any atom is 0.257 e. The highest BCUT2D eigenvalue weighted by Gasteiger charge is 2.26. The summed E-state index contributed by atoms with van der Waals surface area (Å²) in [6.07, 6.45) is 1.58. The molecule has 2 atom stereocenters. The van der Waals surface area contributed by atoms with Crippen molar-refractivity contribution in [1.29, 1.82) is 0 Å². The third kappa shape index (κ3) is 3.44. The van der Waals surface area contributed by atoms with Crippen LogP contribution < -0.4 is 0 Å². The molecule has 0 bridgehead atoms. The van der Waals surface area contributed by atoms with E-state index in [1.807, 2.05) is 29.2 Å². The number of benzene rings is 1. The summed E-state index contributed by atoms with van der Waals surface area (Å²) in [6, 6.07) is 7.57. The molecule has 0 aliphatic carbocycles. The Balaban J connectivity index is 1.57. The van der Waals surface area contributed by atoms with Gasteiger partial charge in [-0.2, -0.15) is 0 Å². The van der Waals surface area contributed by atoms with Crippen LogP contribution in [0.1, 0.15) is 19.8 Å². The average molecular weight is 320 g/mol. The number of aliphatic hydroxyl groups excluding tert-OH is 1. The van der Waals surface area contributed by atoms with Crippen LogP contribution in [0.15, 0.2) is 33.9 Å². The topological polar surface area (TPSA) is 66.6 Å². The summed E-state index contributed by atoms with van der Waals surface area (Å²) in [4.78, 5) is 18.5. The Hall–Kier alpha value is -1.53. The molecule has 2 unspecified atom stereocenters. The van der Waals surface area contributed by atoms with Gasteiger partial charge in [0.05, 0.1) is 11.9 Å². The Bertz CT molecular complexity index is 623. The maximum absolute atomic E-state index is 12.3. The number of thioether (sulfide) groups is 1. The van der Waals surface area contributed by atoms with Crippen molar-refractivity contribution in [3.63, 3.8) is 0 Å². The molecular weight excluding hydrogens is 300 g/mol. The molecule has 2 heterocycles. The van der Waals surface area contributed by atoms with Crippen LogP contribution in [0.4, 0.5) is 0 Å². The number of nitrogens with zero attached hydrogens (tertiary/aromatic N) is 2. The van der Waals surface area contributed by atoms with Crippen molar-refractivity contribution in [2.45, 2.75) is 31.1 Å². The lowest BCUT2D eigenvalue weighted by molar-refractivity contribution is -0.130. The quantitative estimate of drug-likeness (QED) is 0.877. The highest BCUT2D eigenvalue weighted by Crippen LogP contribution is 2.25. The van der Waals surface area contributed by atoms with E-state index < -0.39 is 0 Å². The molecule has 22 heavy (non-hydrogen) atoms. The van der Waals surface area contributed by atoms with Gasteiger partial charge >= 0.3 is 0 Å². The van der Waals surface area contributed by atoms with Gasteiger partial charge in [-0.25, -0.2) is 4.98 Å². The third-order valence-corrected chi connectivity index (χ3v) is 4.90. The molecule has 5 nitrogen and oxygen atoms in total. The number of rotatable bonds is 4. The smallest absolute Gasteiger partial charge is 0.257 e. The number of oxazole rings is 1. The standard InChI is InChI=1S/C16H20N2O3S/c1-11(19)12-5-4-8-18(9-12)15(20)10-22-16-17-13-6-2-3-7-14(13)21-16/h2-3,6-7,11-12,19H,4-5,8-10H2,1H3. The molecule has 1 aliphatic rings. The Morgan fingerprint density at radius 3 is 3.14 bits per heavy atom. The second kappa shape index (κ2) is 6.71. The molecule has 1 fully saturated rings. The molecule has 3 rings (SSSR count). The summed E-state index contributed by atoms with van der Waals surface area (Å²) in [5.74, 6) is 0.587. The summed E-state index contributed by atoms with van der Waals surface area (Å²) >= 11 is 1.33. The molecule has 1 aliphatic heterocycles. The Kier molecular flexibility index (Phi) is 4.69. The van der Waals surface area contributed by atoms with Crippen LogP contribution in [0.5, 0.6) is 0 Å². The number of para-hydroxylation sites is 2. The Morgan fingerprint density at radius 1 is 1.55 bits per heavy atom. The molecule has 1 aromatic heterocycles. The minimum Gasteiger partial charge on any atom is -0.431 e. The summed E-state index contributed by atoms with van der Waals surface area (Å²) in [7, 11) is 0. The van der Waals surface area contributed by atoms with Crippen LogP contribution in [-0.2, 0) is 4.79 Å². The van der Waals surface area contributed by atoms with Gasteiger partial charge in [-0.3, -0.25) is 4.79 Å². The summed E-state index contributed by atoms with van der Waals surface area (Å²) < 4.78 is 5.61. The predicted molar refractivity (Wildman–Crippen MR) is 85.7 cm³/mol. The normalized spacial score (nSPS) is 20.3. The summed E-state index contributed by atoms with van der Waals surface area (Å²) in [6.45, 7) is 3.21.